The molecule has 0 fully saturated rings. The highest BCUT2D eigenvalue weighted by molar-refractivity contribution is 7.98. The number of aromatic nitrogens is 3. The van der Waals surface area contributed by atoms with E-state index in [0.29, 0.717) is 17.5 Å². The molecule has 2 heterocycles. The first-order valence-electron chi connectivity index (χ1n) is 6.14. The number of benzene rings is 1. The predicted molar refractivity (Wildman–Crippen MR) is 84.9 cm³/mol. The lowest BCUT2D eigenvalue weighted by Gasteiger charge is -2.01. The molecule has 0 saturated heterocycles. The summed E-state index contributed by atoms with van der Waals surface area (Å²) in [5.74, 6) is 0.711. The number of thioether (sulfide) groups is 1. The number of nitrogens with zero attached hydrogens (tertiary/aromatic N) is 2. The monoisotopic (exact) mass is 325 g/mol. The number of hydrogen-bond acceptors (Lipinski definition) is 4. The third-order valence-electron chi connectivity index (χ3n) is 2.97. The Balaban J connectivity index is 1.87. The molecule has 0 atom stereocenters. The molecule has 104 valence electrons. The Kier molecular flexibility index (Phi) is 3.87. The molecule has 0 radical (unpaired) electrons. The number of hydrogen-bond donors (Lipinski definition) is 1. The molecule has 0 spiro atoms. The zero-order chi connectivity index (χ0) is 14.1. The average Bonchev–Trinajstić information content (AvgIpc) is 2.98. The van der Waals surface area contributed by atoms with Crippen LogP contribution in [0, 0.1) is 0 Å². The minimum atomic E-state index is -0.169. The summed E-state index contributed by atoms with van der Waals surface area (Å²) in [5.41, 5.74) is -0.169. The van der Waals surface area contributed by atoms with Gasteiger partial charge < -0.3 is 0 Å². The van der Waals surface area contributed by atoms with Crippen molar-refractivity contribution in [3.05, 3.63) is 44.6 Å². The van der Waals surface area contributed by atoms with Crippen LogP contribution >= 0.6 is 34.7 Å². The number of thiophene rings is 1. The van der Waals surface area contributed by atoms with Crippen molar-refractivity contribution in [2.45, 2.75) is 24.4 Å². The maximum Gasteiger partial charge on any atom is 0.343 e. The fraction of sp³-hybridized carbons (Fsp3) is 0.231. The Hall–Kier alpha value is -1.24. The van der Waals surface area contributed by atoms with Crippen molar-refractivity contribution in [3.63, 3.8) is 0 Å². The molecular formula is C13H12ClN3OS2. The van der Waals surface area contributed by atoms with Gasteiger partial charge in [-0.15, -0.1) is 16.4 Å². The maximum atomic E-state index is 11.5. The van der Waals surface area contributed by atoms with Crippen LogP contribution in [0.15, 0.2) is 34.2 Å². The number of fused-ring (bicyclic) bond motifs is 1. The number of nitrogens with one attached hydrogen (secondary N) is 1. The quantitative estimate of drug-likeness (QED) is 0.743. The Bertz CT molecular complexity index is 805. The van der Waals surface area contributed by atoms with Gasteiger partial charge in [0, 0.05) is 27.3 Å². The lowest BCUT2D eigenvalue weighted by atomic mass is 10.2. The summed E-state index contributed by atoms with van der Waals surface area (Å²) >= 11 is 9.61. The number of H-pyrrole nitrogens is 1. The standard InChI is InChI=1S/C13H12ClN3OS2/c1-2-17-12(18)15-16-13(17)19-7-10-11(14)8-5-3-4-6-9(8)20-10/h3-6H,2,7H2,1H3,(H,15,18). The molecule has 2 aromatic heterocycles. The highest BCUT2D eigenvalue weighted by atomic mass is 35.5. The maximum absolute atomic E-state index is 11.5. The summed E-state index contributed by atoms with van der Waals surface area (Å²) in [6.07, 6.45) is 0. The normalized spacial score (nSPS) is 11.3. The molecular weight excluding hydrogens is 314 g/mol. The molecule has 0 aliphatic heterocycles. The fourth-order valence-electron chi connectivity index (χ4n) is 1.98. The molecule has 3 rings (SSSR count). The zero-order valence-corrected chi connectivity index (χ0v) is 13.1. The Morgan fingerprint density at radius 2 is 2.25 bits per heavy atom. The van der Waals surface area contributed by atoms with Gasteiger partial charge in [-0.25, -0.2) is 9.89 Å². The second kappa shape index (κ2) is 5.63. The minimum absolute atomic E-state index is 0.169. The van der Waals surface area contributed by atoms with E-state index in [0.717, 1.165) is 15.3 Å². The van der Waals surface area contributed by atoms with Gasteiger partial charge in [0.05, 0.1) is 5.02 Å². The van der Waals surface area contributed by atoms with Gasteiger partial charge in [0.1, 0.15) is 0 Å². The molecule has 0 aliphatic carbocycles. The van der Waals surface area contributed by atoms with Gasteiger partial charge in [-0.1, -0.05) is 41.6 Å². The van der Waals surface area contributed by atoms with E-state index in [1.807, 2.05) is 25.1 Å². The van der Waals surface area contributed by atoms with Gasteiger partial charge >= 0.3 is 5.69 Å². The average molecular weight is 326 g/mol. The first kappa shape index (κ1) is 13.7. The van der Waals surface area contributed by atoms with E-state index in [1.165, 1.54) is 16.5 Å². The molecule has 1 aromatic carbocycles. The molecule has 4 nitrogen and oxygen atoms in total. The number of aromatic amines is 1. The van der Waals surface area contributed by atoms with E-state index in [4.69, 9.17) is 11.6 Å². The second-order valence-electron chi connectivity index (χ2n) is 4.18. The van der Waals surface area contributed by atoms with Crippen molar-refractivity contribution in [2.75, 3.05) is 0 Å². The van der Waals surface area contributed by atoms with Crippen molar-refractivity contribution in [3.8, 4) is 0 Å². The van der Waals surface area contributed by atoms with Crippen LogP contribution in [0.3, 0.4) is 0 Å². The van der Waals surface area contributed by atoms with Gasteiger partial charge in [0.25, 0.3) is 0 Å². The van der Waals surface area contributed by atoms with E-state index in [2.05, 4.69) is 16.3 Å². The van der Waals surface area contributed by atoms with E-state index in [-0.39, 0.29) is 5.69 Å². The lowest BCUT2D eigenvalue weighted by molar-refractivity contribution is 0.660. The Morgan fingerprint density at radius 1 is 1.45 bits per heavy atom. The third kappa shape index (κ3) is 2.39. The van der Waals surface area contributed by atoms with E-state index < -0.39 is 0 Å². The Morgan fingerprint density at radius 3 is 3.00 bits per heavy atom. The van der Waals surface area contributed by atoms with Crippen molar-refractivity contribution in [1.82, 2.24) is 14.8 Å². The smallest absolute Gasteiger partial charge is 0.270 e. The first-order valence-corrected chi connectivity index (χ1v) is 8.32. The van der Waals surface area contributed by atoms with Gasteiger partial charge in [0.15, 0.2) is 5.16 Å². The highest BCUT2D eigenvalue weighted by Crippen LogP contribution is 2.38. The second-order valence-corrected chi connectivity index (χ2v) is 6.64. The van der Waals surface area contributed by atoms with Crippen LogP contribution in [0.2, 0.25) is 5.02 Å². The third-order valence-corrected chi connectivity index (χ3v) is 5.87. The van der Waals surface area contributed by atoms with Crippen LogP contribution in [0.5, 0.6) is 0 Å². The predicted octanol–water partition coefficient (Wildman–Crippen LogP) is 3.75. The summed E-state index contributed by atoms with van der Waals surface area (Å²) in [7, 11) is 0. The van der Waals surface area contributed by atoms with Gasteiger partial charge in [-0.05, 0) is 13.0 Å². The van der Waals surface area contributed by atoms with Crippen molar-refractivity contribution >= 4 is 44.8 Å². The van der Waals surface area contributed by atoms with Crippen LogP contribution in [0.25, 0.3) is 10.1 Å². The minimum Gasteiger partial charge on any atom is -0.270 e. The molecule has 0 bridgehead atoms. The molecule has 7 heteroatoms. The van der Waals surface area contributed by atoms with Crippen LogP contribution in [-0.4, -0.2) is 14.8 Å². The van der Waals surface area contributed by atoms with Gasteiger partial charge in [-0.3, -0.25) is 4.57 Å². The van der Waals surface area contributed by atoms with E-state index in [9.17, 15) is 4.79 Å². The molecule has 1 N–H and O–H groups in total. The highest BCUT2D eigenvalue weighted by Gasteiger charge is 2.12. The van der Waals surface area contributed by atoms with E-state index >= 15 is 0 Å². The zero-order valence-electron chi connectivity index (χ0n) is 10.7. The SMILES string of the molecule is CCn1c(SCc2sc3ccccc3c2Cl)n[nH]c1=O. The van der Waals surface area contributed by atoms with Crippen LogP contribution in [0.4, 0.5) is 0 Å². The lowest BCUT2D eigenvalue weighted by Crippen LogP contribution is -2.16. The van der Waals surface area contributed by atoms with Crippen LogP contribution in [0.1, 0.15) is 11.8 Å². The molecule has 20 heavy (non-hydrogen) atoms. The van der Waals surface area contributed by atoms with Crippen LogP contribution in [-0.2, 0) is 12.3 Å². The molecule has 0 aliphatic rings. The Labute approximate surface area is 128 Å². The fourth-order valence-corrected chi connectivity index (χ4v) is 4.65. The summed E-state index contributed by atoms with van der Waals surface area (Å²) < 4.78 is 2.80. The summed E-state index contributed by atoms with van der Waals surface area (Å²) in [6.45, 7) is 2.53. The molecule has 0 amide bonds. The number of halogens is 1. The van der Waals surface area contributed by atoms with Crippen LogP contribution < -0.4 is 5.69 Å². The number of rotatable bonds is 4. The summed E-state index contributed by atoms with van der Waals surface area (Å²) in [6, 6.07) is 8.09. The van der Waals surface area contributed by atoms with Gasteiger partial charge in [0.2, 0.25) is 0 Å². The van der Waals surface area contributed by atoms with Crippen molar-refractivity contribution < 1.29 is 0 Å². The molecule has 0 unspecified atom stereocenters. The summed E-state index contributed by atoms with van der Waals surface area (Å²) in [4.78, 5) is 12.6. The van der Waals surface area contributed by atoms with E-state index in [1.54, 1.807) is 15.9 Å². The topological polar surface area (TPSA) is 50.7 Å². The van der Waals surface area contributed by atoms with Crippen molar-refractivity contribution in [1.29, 1.82) is 0 Å². The largest absolute Gasteiger partial charge is 0.343 e. The van der Waals surface area contributed by atoms with Crippen molar-refractivity contribution in [2.24, 2.45) is 0 Å². The van der Waals surface area contributed by atoms with Gasteiger partial charge in [-0.2, -0.15) is 0 Å². The summed E-state index contributed by atoms with van der Waals surface area (Å²) in [5, 5.41) is 9.10. The molecule has 3 aromatic rings. The first-order chi connectivity index (χ1) is 9.70. The molecule has 0 saturated carbocycles.